The number of ether oxygens (including phenoxy) is 5. The third-order valence-electron chi connectivity index (χ3n) is 7.82. The summed E-state index contributed by atoms with van der Waals surface area (Å²) in [4.78, 5) is 37.6. The topological polar surface area (TPSA) is 97.4 Å². The zero-order valence-corrected chi connectivity index (χ0v) is 29.4. The van der Waals surface area contributed by atoms with Crippen LogP contribution in [0.3, 0.4) is 0 Å². The van der Waals surface area contributed by atoms with Gasteiger partial charge in [-0.05, 0) is 86.1 Å². The van der Waals surface area contributed by atoms with Gasteiger partial charge < -0.3 is 23.7 Å². The standard InChI is InChI=1S/C39H45F5O8/c1-3-4-5-6-7-8-9-10-11-12-25-49-32-19-13-30(14-20-32)36(46)51-34-23-17-31(18-24-34)37(47)52-33-21-15-29(16-22-33)35(45)50-28(2)26-48-27-38(40,41)39(42,43)44/h13-24,28H,3-12,25-27H2,1-2H3/t28-/m1/s1. The molecule has 0 bridgehead atoms. The molecule has 0 fully saturated rings. The van der Waals surface area contributed by atoms with Gasteiger partial charge >= 0.3 is 30.0 Å². The van der Waals surface area contributed by atoms with Gasteiger partial charge in [-0.2, -0.15) is 22.0 Å². The summed E-state index contributed by atoms with van der Waals surface area (Å²) in [5.74, 6) is -6.29. The van der Waals surface area contributed by atoms with Crippen LogP contribution in [0.4, 0.5) is 22.0 Å². The summed E-state index contributed by atoms with van der Waals surface area (Å²) in [6.45, 7) is 1.51. The maximum atomic E-state index is 12.9. The Kier molecular flexibility index (Phi) is 17.0. The van der Waals surface area contributed by atoms with E-state index in [-0.39, 0.29) is 22.6 Å². The second-order valence-corrected chi connectivity index (χ2v) is 12.3. The number of halogens is 5. The lowest BCUT2D eigenvalue weighted by Gasteiger charge is -2.20. The molecule has 3 rings (SSSR count). The molecule has 0 aliphatic carbocycles. The van der Waals surface area contributed by atoms with Crippen LogP contribution in [0.1, 0.15) is 109 Å². The highest BCUT2D eigenvalue weighted by Gasteiger charge is 2.57. The van der Waals surface area contributed by atoms with Gasteiger partial charge in [0.05, 0.1) is 29.9 Å². The van der Waals surface area contributed by atoms with Crippen molar-refractivity contribution in [3.8, 4) is 17.2 Å². The number of rotatable bonds is 22. The molecule has 0 radical (unpaired) electrons. The smallest absolute Gasteiger partial charge is 0.455 e. The molecule has 8 nitrogen and oxygen atoms in total. The van der Waals surface area contributed by atoms with Crippen molar-refractivity contribution in [3.05, 3.63) is 89.5 Å². The Morgan fingerprint density at radius 2 is 0.981 bits per heavy atom. The summed E-state index contributed by atoms with van der Waals surface area (Å²) in [6, 6.07) is 17.5. The second kappa shape index (κ2) is 21.1. The minimum Gasteiger partial charge on any atom is -0.494 e. The van der Waals surface area contributed by atoms with Crippen LogP contribution >= 0.6 is 0 Å². The number of benzene rings is 3. The maximum Gasteiger partial charge on any atom is 0.455 e. The third kappa shape index (κ3) is 14.6. The zero-order chi connectivity index (χ0) is 38.0. The predicted molar refractivity (Wildman–Crippen MR) is 183 cm³/mol. The van der Waals surface area contributed by atoms with Gasteiger partial charge in [-0.25, -0.2) is 14.4 Å². The van der Waals surface area contributed by atoms with Gasteiger partial charge in [-0.1, -0.05) is 64.7 Å². The van der Waals surface area contributed by atoms with Crippen LogP contribution in [-0.4, -0.2) is 55.9 Å². The first-order chi connectivity index (χ1) is 24.8. The number of hydrogen-bond acceptors (Lipinski definition) is 8. The SMILES string of the molecule is CCCCCCCCCCCCOc1ccc(C(=O)Oc2ccc(C(=O)Oc3ccc(C(=O)O[C@H](C)COCC(F)(F)C(F)(F)F)cc3)cc2)cc1. The molecule has 1 atom stereocenters. The molecule has 0 aliphatic heterocycles. The fourth-order valence-electron chi connectivity index (χ4n) is 4.84. The molecule has 52 heavy (non-hydrogen) atoms. The second-order valence-electron chi connectivity index (χ2n) is 12.3. The first-order valence-electron chi connectivity index (χ1n) is 17.4. The highest BCUT2D eigenvalue weighted by Crippen LogP contribution is 2.35. The molecule has 0 saturated heterocycles. The molecule has 0 heterocycles. The van der Waals surface area contributed by atoms with Crippen molar-refractivity contribution in [1.82, 2.24) is 0 Å². The minimum atomic E-state index is -5.76. The van der Waals surface area contributed by atoms with Crippen LogP contribution in [0.5, 0.6) is 17.2 Å². The van der Waals surface area contributed by atoms with Crippen LogP contribution in [0.25, 0.3) is 0 Å². The lowest BCUT2D eigenvalue weighted by Crippen LogP contribution is -2.41. The van der Waals surface area contributed by atoms with Crippen molar-refractivity contribution < 1.29 is 60.0 Å². The molecule has 0 unspecified atom stereocenters. The number of esters is 3. The predicted octanol–water partition coefficient (Wildman–Crippen LogP) is 10.2. The van der Waals surface area contributed by atoms with E-state index in [1.165, 1.54) is 107 Å². The van der Waals surface area contributed by atoms with Crippen molar-refractivity contribution in [1.29, 1.82) is 0 Å². The molecule has 3 aromatic carbocycles. The van der Waals surface area contributed by atoms with Crippen LogP contribution in [0, 0.1) is 0 Å². The van der Waals surface area contributed by atoms with Crippen LogP contribution < -0.4 is 14.2 Å². The Hall–Kier alpha value is -4.52. The van der Waals surface area contributed by atoms with E-state index in [4.69, 9.17) is 18.9 Å². The Morgan fingerprint density at radius 1 is 0.577 bits per heavy atom. The Labute approximate surface area is 300 Å². The third-order valence-corrected chi connectivity index (χ3v) is 7.82. The summed E-state index contributed by atoms with van der Waals surface area (Å²) >= 11 is 0. The first kappa shape index (κ1) is 41.9. The highest BCUT2D eigenvalue weighted by atomic mass is 19.4. The summed E-state index contributed by atoms with van der Waals surface area (Å²) < 4.78 is 88.5. The number of hydrogen-bond donors (Lipinski definition) is 0. The Bertz CT molecular complexity index is 1520. The van der Waals surface area contributed by atoms with E-state index < -0.39 is 49.3 Å². The quantitative estimate of drug-likeness (QED) is 0.0435. The fourth-order valence-corrected chi connectivity index (χ4v) is 4.84. The number of unbranched alkanes of at least 4 members (excludes halogenated alkanes) is 9. The van der Waals surface area contributed by atoms with Crippen molar-refractivity contribution in [2.24, 2.45) is 0 Å². The summed E-state index contributed by atoms with van der Waals surface area (Å²) in [7, 11) is 0. The Morgan fingerprint density at radius 3 is 1.42 bits per heavy atom. The van der Waals surface area contributed by atoms with E-state index in [1.807, 2.05) is 0 Å². The molecule has 284 valence electrons. The average Bonchev–Trinajstić information content (AvgIpc) is 3.10. The molecule has 0 aliphatic rings. The molecule has 3 aromatic rings. The van der Waals surface area contributed by atoms with E-state index in [0.29, 0.717) is 17.9 Å². The summed E-state index contributed by atoms with van der Waals surface area (Å²) in [6.07, 6.45) is 5.56. The van der Waals surface area contributed by atoms with E-state index in [1.54, 1.807) is 24.3 Å². The van der Waals surface area contributed by atoms with E-state index >= 15 is 0 Å². The Balaban J connectivity index is 1.36. The van der Waals surface area contributed by atoms with E-state index in [9.17, 15) is 36.3 Å². The molecular formula is C39H45F5O8. The molecule has 0 amide bonds. The lowest BCUT2D eigenvalue weighted by molar-refractivity contribution is -0.297. The van der Waals surface area contributed by atoms with Crippen LogP contribution in [0.15, 0.2) is 72.8 Å². The zero-order valence-electron chi connectivity index (χ0n) is 29.4. The molecule has 0 N–H and O–H groups in total. The summed E-state index contributed by atoms with van der Waals surface area (Å²) in [5.41, 5.74) is 0.484. The van der Waals surface area contributed by atoms with Gasteiger partial charge in [-0.3, -0.25) is 0 Å². The number of carbonyl (C=O) groups is 3. The van der Waals surface area contributed by atoms with Crippen molar-refractivity contribution in [3.63, 3.8) is 0 Å². The van der Waals surface area contributed by atoms with Gasteiger partial charge in [0.2, 0.25) is 0 Å². The normalized spacial score (nSPS) is 12.2. The molecular weight excluding hydrogens is 691 g/mol. The molecule has 13 heteroatoms. The van der Waals surface area contributed by atoms with Gasteiger partial charge in [0.15, 0.2) is 0 Å². The van der Waals surface area contributed by atoms with Gasteiger partial charge in [0.1, 0.15) is 30.0 Å². The fraction of sp³-hybridized carbons (Fsp3) is 0.462. The largest absolute Gasteiger partial charge is 0.494 e. The summed E-state index contributed by atoms with van der Waals surface area (Å²) in [5, 5.41) is 0. The van der Waals surface area contributed by atoms with Crippen molar-refractivity contribution in [2.45, 2.75) is 96.3 Å². The number of carbonyl (C=O) groups excluding carboxylic acids is 3. The van der Waals surface area contributed by atoms with Gasteiger partial charge in [-0.15, -0.1) is 0 Å². The maximum absolute atomic E-state index is 12.9. The van der Waals surface area contributed by atoms with Crippen molar-refractivity contribution >= 4 is 17.9 Å². The molecule has 0 spiro atoms. The van der Waals surface area contributed by atoms with E-state index in [0.717, 1.165) is 12.8 Å². The van der Waals surface area contributed by atoms with Crippen LogP contribution in [0.2, 0.25) is 0 Å². The van der Waals surface area contributed by atoms with Crippen molar-refractivity contribution in [2.75, 3.05) is 19.8 Å². The number of alkyl halides is 5. The van der Waals surface area contributed by atoms with Gasteiger partial charge in [0, 0.05) is 0 Å². The van der Waals surface area contributed by atoms with Gasteiger partial charge in [0.25, 0.3) is 0 Å². The molecule has 0 saturated carbocycles. The highest BCUT2D eigenvalue weighted by molar-refractivity contribution is 5.93. The average molecular weight is 737 g/mol. The van der Waals surface area contributed by atoms with E-state index in [2.05, 4.69) is 11.7 Å². The first-order valence-corrected chi connectivity index (χ1v) is 17.4. The lowest BCUT2D eigenvalue weighted by atomic mass is 10.1. The van der Waals surface area contributed by atoms with Crippen LogP contribution in [-0.2, 0) is 9.47 Å². The minimum absolute atomic E-state index is 0.00458. The monoisotopic (exact) mass is 736 g/mol. The molecule has 0 aromatic heterocycles.